The first-order chi connectivity index (χ1) is 7.08. The van der Waals surface area contributed by atoms with Gasteiger partial charge in [-0.05, 0) is 18.2 Å². The van der Waals surface area contributed by atoms with Gasteiger partial charge in [0.25, 0.3) is 0 Å². The molecule has 4 nitrogen and oxygen atoms in total. The molecule has 78 valence electrons. The molecular weight excluding hydrogens is 235 g/mol. The number of nitrogens with two attached hydrogens (primary N) is 2. The van der Waals surface area contributed by atoms with Crippen LogP contribution in [0.3, 0.4) is 0 Å². The van der Waals surface area contributed by atoms with Gasteiger partial charge in [-0.1, -0.05) is 23.2 Å². The summed E-state index contributed by atoms with van der Waals surface area (Å²) in [5.74, 6) is 0.773. The van der Waals surface area contributed by atoms with Crippen LogP contribution in [0.15, 0.2) is 24.3 Å². The van der Waals surface area contributed by atoms with Gasteiger partial charge in [-0.2, -0.15) is 0 Å². The van der Waals surface area contributed by atoms with Gasteiger partial charge < -0.3 is 11.5 Å². The van der Waals surface area contributed by atoms with Crippen molar-refractivity contribution < 1.29 is 0 Å². The minimum Gasteiger partial charge on any atom is -0.384 e. The van der Waals surface area contributed by atoms with Crippen molar-refractivity contribution in [1.29, 1.82) is 0 Å². The fraction of sp³-hybridized carbons (Fsp3) is 0. The zero-order chi connectivity index (χ0) is 11.0. The maximum Gasteiger partial charge on any atom is 0.148 e. The number of nitrogen functional groups attached to an aromatic ring is 2. The third kappa shape index (κ3) is 1.86. The van der Waals surface area contributed by atoms with Gasteiger partial charge >= 0.3 is 0 Å². The average Bonchev–Trinajstić information content (AvgIpc) is 2.45. The van der Waals surface area contributed by atoms with Gasteiger partial charge in [0.2, 0.25) is 0 Å². The lowest BCUT2D eigenvalue weighted by atomic mass is 10.3. The summed E-state index contributed by atoms with van der Waals surface area (Å²) < 4.78 is 1.47. The predicted octanol–water partition coefficient (Wildman–Crippen LogP) is 2.34. The molecule has 0 unspecified atom stereocenters. The summed E-state index contributed by atoms with van der Waals surface area (Å²) in [6.45, 7) is 0. The van der Waals surface area contributed by atoms with E-state index in [-0.39, 0.29) is 0 Å². The van der Waals surface area contributed by atoms with Crippen molar-refractivity contribution in [3.63, 3.8) is 0 Å². The summed E-state index contributed by atoms with van der Waals surface area (Å²) >= 11 is 11.8. The summed E-state index contributed by atoms with van der Waals surface area (Å²) in [6.07, 6.45) is 0. The SMILES string of the molecule is Nc1cc(N)n(-c2ccc(Cl)cc2Cl)n1. The molecule has 1 aromatic carbocycles. The average molecular weight is 243 g/mol. The van der Waals surface area contributed by atoms with Crippen LogP contribution in [-0.4, -0.2) is 9.78 Å². The van der Waals surface area contributed by atoms with Crippen molar-refractivity contribution in [2.75, 3.05) is 11.5 Å². The Labute approximate surface area is 96.4 Å². The van der Waals surface area contributed by atoms with Crippen LogP contribution in [0.2, 0.25) is 10.0 Å². The molecule has 0 saturated heterocycles. The van der Waals surface area contributed by atoms with Gasteiger partial charge in [-0.25, -0.2) is 4.68 Å². The van der Waals surface area contributed by atoms with E-state index in [0.717, 1.165) is 0 Å². The van der Waals surface area contributed by atoms with Gasteiger partial charge in [0.05, 0.1) is 10.7 Å². The lowest BCUT2D eigenvalue weighted by Crippen LogP contribution is -2.02. The van der Waals surface area contributed by atoms with Crippen LogP contribution in [0.25, 0.3) is 5.69 Å². The number of hydrogen-bond acceptors (Lipinski definition) is 3. The Morgan fingerprint density at radius 1 is 1.13 bits per heavy atom. The number of aromatic nitrogens is 2. The number of halogens is 2. The summed E-state index contributed by atoms with van der Waals surface area (Å²) in [6, 6.07) is 6.62. The first-order valence-electron chi connectivity index (χ1n) is 4.14. The van der Waals surface area contributed by atoms with Crippen LogP contribution in [0.1, 0.15) is 0 Å². The zero-order valence-electron chi connectivity index (χ0n) is 7.61. The number of anilines is 2. The Balaban J connectivity index is 2.59. The number of nitrogens with zero attached hydrogens (tertiary/aromatic N) is 2. The van der Waals surface area contributed by atoms with E-state index in [0.29, 0.717) is 27.4 Å². The third-order valence-electron chi connectivity index (χ3n) is 1.89. The minimum absolute atomic E-state index is 0.346. The van der Waals surface area contributed by atoms with Crippen LogP contribution in [0.5, 0.6) is 0 Å². The van der Waals surface area contributed by atoms with Gasteiger partial charge in [-0.3, -0.25) is 0 Å². The second-order valence-electron chi connectivity index (χ2n) is 3.00. The Morgan fingerprint density at radius 3 is 2.40 bits per heavy atom. The van der Waals surface area contributed by atoms with Crippen LogP contribution < -0.4 is 11.5 Å². The van der Waals surface area contributed by atoms with Crippen LogP contribution >= 0.6 is 23.2 Å². The fourth-order valence-electron chi connectivity index (χ4n) is 1.26. The summed E-state index contributed by atoms with van der Waals surface area (Å²) in [7, 11) is 0. The second kappa shape index (κ2) is 3.64. The normalized spacial score (nSPS) is 10.5. The number of benzene rings is 1. The van der Waals surface area contributed by atoms with E-state index < -0.39 is 0 Å². The molecule has 15 heavy (non-hydrogen) atoms. The highest BCUT2D eigenvalue weighted by atomic mass is 35.5. The fourth-order valence-corrected chi connectivity index (χ4v) is 1.75. The molecule has 1 aromatic heterocycles. The van der Waals surface area contributed by atoms with Crippen molar-refractivity contribution >= 4 is 34.8 Å². The highest BCUT2D eigenvalue weighted by Crippen LogP contribution is 2.26. The molecule has 1 heterocycles. The molecule has 4 N–H and O–H groups in total. The van der Waals surface area contributed by atoms with E-state index in [2.05, 4.69) is 5.10 Å². The van der Waals surface area contributed by atoms with E-state index in [9.17, 15) is 0 Å². The molecule has 0 amide bonds. The largest absolute Gasteiger partial charge is 0.384 e. The van der Waals surface area contributed by atoms with Crippen molar-refractivity contribution in [1.82, 2.24) is 9.78 Å². The lowest BCUT2D eigenvalue weighted by Gasteiger charge is -2.06. The predicted molar refractivity (Wildman–Crippen MR) is 62.4 cm³/mol. The minimum atomic E-state index is 0.346. The molecule has 0 aliphatic heterocycles. The van der Waals surface area contributed by atoms with Crippen LogP contribution in [-0.2, 0) is 0 Å². The van der Waals surface area contributed by atoms with E-state index in [1.54, 1.807) is 24.3 Å². The molecular formula is C9H8Cl2N4. The maximum atomic E-state index is 6.00. The van der Waals surface area contributed by atoms with Gasteiger partial charge in [0.15, 0.2) is 0 Å². The molecule has 6 heteroatoms. The molecule has 2 rings (SSSR count). The molecule has 0 aliphatic carbocycles. The first-order valence-corrected chi connectivity index (χ1v) is 4.90. The van der Waals surface area contributed by atoms with Crippen molar-refractivity contribution in [3.8, 4) is 5.69 Å². The Hall–Kier alpha value is -1.39. The van der Waals surface area contributed by atoms with E-state index in [1.807, 2.05) is 0 Å². The van der Waals surface area contributed by atoms with Crippen LogP contribution in [0.4, 0.5) is 11.6 Å². The lowest BCUT2D eigenvalue weighted by molar-refractivity contribution is 0.897. The van der Waals surface area contributed by atoms with E-state index in [1.165, 1.54) is 4.68 Å². The summed E-state index contributed by atoms with van der Waals surface area (Å²) in [4.78, 5) is 0. The molecule has 0 fully saturated rings. The van der Waals surface area contributed by atoms with Crippen molar-refractivity contribution in [3.05, 3.63) is 34.3 Å². The molecule has 0 bridgehead atoms. The number of rotatable bonds is 1. The van der Waals surface area contributed by atoms with E-state index >= 15 is 0 Å². The third-order valence-corrected chi connectivity index (χ3v) is 2.43. The van der Waals surface area contributed by atoms with Crippen LogP contribution in [0, 0.1) is 0 Å². The molecule has 0 aliphatic rings. The Kier molecular flexibility index (Phi) is 2.46. The molecule has 0 spiro atoms. The van der Waals surface area contributed by atoms with Crippen molar-refractivity contribution in [2.24, 2.45) is 0 Å². The molecule has 0 radical (unpaired) electrons. The standard InChI is InChI=1S/C9H8Cl2N4/c10-5-1-2-7(6(11)3-5)15-9(13)4-8(12)14-15/h1-4H,13H2,(H2,12,14). The Morgan fingerprint density at radius 2 is 1.87 bits per heavy atom. The maximum absolute atomic E-state index is 6.00. The van der Waals surface area contributed by atoms with Gasteiger partial charge in [0.1, 0.15) is 11.6 Å². The van der Waals surface area contributed by atoms with Gasteiger partial charge in [0, 0.05) is 11.1 Å². The number of hydrogen-bond donors (Lipinski definition) is 2. The van der Waals surface area contributed by atoms with Gasteiger partial charge in [-0.15, -0.1) is 5.10 Å². The highest BCUT2D eigenvalue weighted by Gasteiger charge is 2.08. The monoisotopic (exact) mass is 242 g/mol. The summed E-state index contributed by atoms with van der Waals surface area (Å²) in [5, 5.41) is 5.04. The zero-order valence-corrected chi connectivity index (χ0v) is 9.13. The topological polar surface area (TPSA) is 69.9 Å². The first kappa shape index (κ1) is 10.1. The summed E-state index contributed by atoms with van der Waals surface area (Å²) in [5.41, 5.74) is 11.9. The highest BCUT2D eigenvalue weighted by molar-refractivity contribution is 6.35. The smallest absolute Gasteiger partial charge is 0.148 e. The Bertz CT molecular complexity index is 507. The molecule has 2 aromatic rings. The van der Waals surface area contributed by atoms with Crippen molar-refractivity contribution in [2.45, 2.75) is 0 Å². The molecule has 0 atom stereocenters. The molecule has 0 saturated carbocycles. The second-order valence-corrected chi connectivity index (χ2v) is 3.85. The van der Waals surface area contributed by atoms with E-state index in [4.69, 9.17) is 34.7 Å². The quantitative estimate of drug-likeness (QED) is 0.807.